The Morgan fingerprint density at radius 3 is 1.02 bits per heavy atom. The number of phenolic OH excluding ortho intramolecular Hbond substituents is 11. The molecule has 0 unspecified atom stereocenters. The van der Waals surface area contributed by atoms with Gasteiger partial charge in [0, 0.05) is 55.7 Å². The molecular formula is C76H94O41. The van der Waals surface area contributed by atoms with Gasteiger partial charge in [-0.25, -0.2) is 0 Å². The summed E-state index contributed by atoms with van der Waals surface area (Å²) in [6, 6.07) is 18.6. The first-order chi connectivity index (χ1) is 55.2. The zero-order valence-electron chi connectivity index (χ0n) is 62.2. The fourth-order valence-electron chi connectivity index (χ4n) is 12.9. The van der Waals surface area contributed by atoms with E-state index in [9.17, 15) is 152 Å². The van der Waals surface area contributed by atoms with Gasteiger partial charge in [-0.1, -0.05) is 18.2 Å². The minimum atomic E-state index is -1.81. The number of ketones is 3. The van der Waals surface area contributed by atoms with E-state index in [2.05, 4.69) is 0 Å². The maximum Gasteiger partial charge on any atom is 0.229 e. The highest BCUT2D eigenvalue weighted by Crippen LogP contribution is 2.42. The van der Waals surface area contributed by atoms with Gasteiger partial charge in [0.2, 0.25) is 18.9 Å². The Hall–Kier alpha value is -9.59. The SMILES string of the molecule is COc1ccc(CCC(=O)c2c(O)cc(O[C@@H]3O[C@H](CO)[C@@H](O)[C@H](O)[C@H]3O)cc2O)cc1O.C[C@@H]1O[C@@H](OC[C@H]2O[C@@H](Oc3cc(O)c(C(=O)CCc4ccc(O)c(O)c4)c(O)c3)[C@H](O)[C@@H](O)[C@@H]2O)[C@H](O)[C@H](O)[C@H]1O.C[C@@H]1O[C@@H](O[C@H]2[C@H](Oc3cc(O)c(C(=O)CCc4ccc(O)c(O)c4)c(O)c3)O[C@H](CO)[C@@H](O)[C@@H]2O)[C@H](O)[C@H](O)[C@H]1O. The number of aryl methyl sites for hydroxylation is 3. The average molecular weight is 1660 g/mol. The summed E-state index contributed by atoms with van der Waals surface area (Å²) >= 11 is 0. The van der Waals surface area contributed by atoms with Gasteiger partial charge in [0.05, 0.1) is 39.1 Å². The van der Waals surface area contributed by atoms with E-state index >= 15 is 0 Å². The van der Waals surface area contributed by atoms with E-state index in [0.717, 1.165) is 36.4 Å². The summed E-state index contributed by atoms with van der Waals surface area (Å²) in [4.78, 5) is 38.1. The Morgan fingerprint density at radius 1 is 0.325 bits per heavy atom. The van der Waals surface area contributed by atoms with E-state index in [0.29, 0.717) is 16.7 Å². The zero-order valence-corrected chi connectivity index (χ0v) is 62.2. The highest BCUT2D eigenvalue weighted by molar-refractivity contribution is 6.03. The van der Waals surface area contributed by atoms with Crippen molar-refractivity contribution in [2.75, 3.05) is 26.9 Å². The van der Waals surface area contributed by atoms with E-state index in [1.54, 1.807) is 12.1 Å². The van der Waals surface area contributed by atoms with Crippen molar-refractivity contribution in [3.05, 3.63) is 124 Å². The number of Topliss-reactive ketones (excluding diaryl/α,β-unsaturated/α-hetero) is 3. The number of phenols is 11. The summed E-state index contributed by atoms with van der Waals surface area (Å²) in [7, 11) is 1.41. The number of carbonyl (C=O) groups excluding carboxylic acids is 3. The molecule has 5 heterocycles. The Morgan fingerprint density at radius 2 is 0.641 bits per heavy atom. The van der Waals surface area contributed by atoms with Crippen LogP contribution in [0.4, 0.5) is 0 Å². The van der Waals surface area contributed by atoms with Crippen molar-refractivity contribution >= 4 is 17.3 Å². The van der Waals surface area contributed by atoms with Crippen molar-refractivity contribution in [1.82, 2.24) is 0 Å². The molecule has 0 radical (unpaired) electrons. The maximum atomic E-state index is 12.8. The van der Waals surface area contributed by atoms with Gasteiger partial charge in [-0.05, 0) is 86.2 Å². The van der Waals surface area contributed by atoms with E-state index in [1.807, 2.05) is 0 Å². The third-order valence-corrected chi connectivity index (χ3v) is 19.7. The van der Waals surface area contributed by atoms with E-state index in [1.165, 1.54) is 63.4 Å². The highest BCUT2D eigenvalue weighted by Gasteiger charge is 2.53. The molecule has 11 rings (SSSR count). The summed E-state index contributed by atoms with van der Waals surface area (Å²) in [5, 5.41) is 271. The predicted molar refractivity (Wildman–Crippen MR) is 387 cm³/mol. The van der Waals surface area contributed by atoms with Gasteiger partial charge in [-0.15, -0.1) is 0 Å². The Bertz CT molecular complexity index is 4280. The van der Waals surface area contributed by atoms with Gasteiger partial charge in [0.1, 0.15) is 172 Å². The van der Waals surface area contributed by atoms with Gasteiger partial charge < -0.3 is 190 Å². The number of methoxy groups -OCH3 is 1. The Labute approximate surface area is 662 Å². The molecule has 644 valence electrons. The highest BCUT2D eigenvalue weighted by atomic mass is 16.8. The molecule has 41 nitrogen and oxygen atoms in total. The van der Waals surface area contributed by atoms with Crippen LogP contribution in [0.2, 0.25) is 0 Å². The molecule has 5 aliphatic heterocycles. The Kier molecular flexibility index (Phi) is 31.0. The fourth-order valence-corrected chi connectivity index (χ4v) is 12.9. The molecule has 0 bridgehead atoms. The molecule has 25 atom stereocenters. The number of hydrogen-bond donors (Lipinski definition) is 27. The zero-order chi connectivity index (χ0) is 86.0. The first-order valence-corrected chi connectivity index (χ1v) is 36.2. The van der Waals surface area contributed by atoms with Crippen LogP contribution in [0.5, 0.6) is 86.2 Å². The Balaban J connectivity index is 0.000000202. The van der Waals surface area contributed by atoms with Crippen LogP contribution >= 0.6 is 0 Å². The lowest BCUT2D eigenvalue weighted by molar-refractivity contribution is -0.354. The summed E-state index contributed by atoms with van der Waals surface area (Å²) in [6.07, 6.45) is -38.5. The van der Waals surface area contributed by atoms with Crippen molar-refractivity contribution in [2.45, 2.75) is 206 Å². The second kappa shape index (κ2) is 39.8. The molecule has 6 aromatic carbocycles. The molecule has 6 aromatic rings. The number of hydrogen-bond acceptors (Lipinski definition) is 41. The fraction of sp³-hybridized carbons (Fsp3) is 0.487. The molecule has 0 aliphatic carbocycles. The minimum Gasteiger partial charge on any atom is -0.507 e. The van der Waals surface area contributed by atoms with Crippen molar-refractivity contribution in [2.24, 2.45) is 0 Å². The van der Waals surface area contributed by atoms with Crippen LogP contribution in [0, 0.1) is 0 Å². The number of aromatic hydroxyl groups is 11. The second-order valence-electron chi connectivity index (χ2n) is 28.0. The van der Waals surface area contributed by atoms with Crippen LogP contribution in [0.15, 0.2) is 91.0 Å². The number of benzene rings is 6. The van der Waals surface area contributed by atoms with Gasteiger partial charge in [0.15, 0.2) is 70.5 Å². The smallest absolute Gasteiger partial charge is 0.229 e. The molecular weight excluding hydrogens is 1570 g/mol. The molecule has 5 fully saturated rings. The lowest BCUT2D eigenvalue weighted by atomic mass is 9.97. The molecule has 41 heteroatoms. The van der Waals surface area contributed by atoms with Crippen LogP contribution in [-0.4, -0.2) is 336 Å². The molecule has 0 aromatic heterocycles. The summed E-state index contributed by atoms with van der Waals surface area (Å²) < 4.78 is 59.5. The lowest BCUT2D eigenvalue weighted by Gasteiger charge is -2.45. The third-order valence-electron chi connectivity index (χ3n) is 19.7. The molecule has 0 saturated carbocycles. The van der Waals surface area contributed by atoms with E-state index in [-0.39, 0.29) is 95.8 Å². The van der Waals surface area contributed by atoms with Gasteiger partial charge in [-0.3, -0.25) is 14.4 Å². The number of rotatable bonds is 26. The van der Waals surface area contributed by atoms with Crippen molar-refractivity contribution in [3.8, 4) is 86.2 Å². The first kappa shape index (κ1) is 91.3. The average Bonchev–Trinajstić information content (AvgIpc) is 0.797. The third kappa shape index (κ3) is 21.7. The molecule has 27 N–H and O–H groups in total. The maximum absolute atomic E-state index is 12.8. The predicted octanol–water partition coefficient (Wildman–Crippen LogP) is -3.48. The topological polar surface area (TPSA) is 699 Å². The van der Waals surface area contributed by atoms with Crippen LogP contribution in [0.3, 0.4) is 0 Å². The number of carbonyl (C=O) groups is 3. The first-order valence-electron chi connectivity index (χ1n) is 36.2. The largest absolute Gasteiger partial charge is 0.507 e. The monoisotopic (exact) mass is 1660 g/mol. The number of ether oxygens (including phenoxy) is 11. The molecule has 0 amide bonds. The summed E-state index contributed by atoms with van der Waals surface area (Å²) in [6.45, 7) is 0.915. The molecule has 0 spiro atoms. The van der Waals surface area contributed by atoms with Crippen LogP contribution < -0.4 is 18.9 Å². The van der Waals surface area contributed by atoms with Gasteiger partial charge in [-0.2, -0.15) is 0 Å². The number of aliphatic hydroxyl groups excluding tert-OH is 16. The normalized spacial score (nSPS) is 30.9. The standard InChI is InChI=1S/2C27H34O15.C22H26O11/c1-10-20(33)22(35)24(37)26(40-10)39-9-18-21(34)23(36)25(38)27(42-18)41-12-7-16(31)19(17(32)8-12)14(29)5-3-11-2-4-13(28)15(30)6-11;1-10-20(34)22(36)24(38)26(39-10)42-25-23(37)21(35)18(9-28)41-27(25)40-12-7-16(32)19(17(33)8-12)14(30)5-3-11-2-4-13(29)15(31)6-11;1-31-16-5-3-10(6-13(16)25)2-4-12(24)18-14(26)7-11(8-15(18)27)32-22-21(30)20(29)19(28)17(9-23)33-22/h2,4,6-8,10,18,20-28,30-38H,3,5,9H2,1H3;2,4,6-8,10,18,20-29,31-38H,3,5,9H2,1H3;3,5-8,17,19-23,25-30H,2,4,9H2,1H3/t10-,18+,20-,21+,22+,23-,24+,25+,26+,27+;10-,18+,20-,21+,22+,23-,24+,25+,26-,27+;17-,19-,20+,21-,22-/m001/s1. The van der Waals surface area contributed by atoms with Crippen molar-refractivity contribution in [1.29, 1.82) is 0 Å². The molecule has 5 saturated heterocycles. The van der Waals surface area contributed by atoms with Crippen molar-refractivity contribution < 1.29 is 204 Å². The van der Waals surface area contributed by atoms with Gasteiger partial charge in [0.25, 0.3) is 0 Å². The number of aliphatic hydroxyl groups is 16. The second-order valence-corrected chi connectivity index (χ2v) is 28.0. The quantitative estimate of drug-likeness (QED) is 0.0185. The lowest BCUT2D eigenvalue weighted by Crippen LogP contribution is -2.64. The molecule has 117 heavy (non-hydrogen) atoms. The van der Waals surface area contributed by atoms with Crippen LogP contribution in [0.1, 0.15) is 80.9 Å². The summed E-state index contributed by atoms with van der Waals surface area (Å²) in [5.41, 5.74) is 0.502. The van der Waals surface area contributed by atoms with Crippen LogP contribution in [-0.2, 0) is 52.4 Å². The molecule has 5 aliphatic rings. The van der Waals surface area contributed by atoms with E-state index < -0.39 is 236 Å². The summed E-state index contributed by atoms with van der Waals surface area (Å²) in [5.74, 6) is -7.62. The van der Waals surface area contributed by atoms with Crippen molar-refractivity contribution in [3.63, 3.8) is 0 Å². The van der Waals surface area contributed by atoms with E-state index in [4.69, 9.17) is 52.1 Å². The minimum absolute atomic E-state index is 0.0807. The van der Waals surface area contributed by atoms with Gasteiger partial charge >= 0.3 is 0 Å². The van der Waals surface area contributed by atoms with Crippen LogP contribution in [0.25, 0.3) is 0 Å².